The maximum absolute atomic E-state index is 10.9. The van der Waals surface area contributed by atoms with Crippen LogP contribution in [0.4, 0.5) is 0 Å². The number of ether oxygens (including phenoxy) is 1. The Balaban J connectivity index is 2.16. The van der Waals surface area contributed by atoms with Gasteiger partial charge in [0.15, 0.2) is 0 Å². The molecule has 0 aromatic carbocycles. The zero-order valence-corrected chi connectivity index (χ0v) is 9.68. The van der Waals surface area contributed by atoms with Gasteiger partial charge in [-0.05, 0) is 18.8 Å². The van der Waals surface area contributed by atoms with Crippen LogP contribution >= 0.6 is 11.8 Å². The van der Waals surface area contributed by atoms with E-state index in [2.05, 4.69) is 11.7 Å². The minimum Gasteiger partial charge on any atom is -0.469 e. The van der Waals surface area contributed by atoms with Gasteiger partial charge in [0.1, 0.15) is 0 Å². The van der Waals surface area contributed by atoms with Gasteiger partial charge >= 0.3 is 5.97 Å². The highest BCUT2D eigenvalue weighted by atomic mass is 32.2. The number of methoxy groups -OCH3 is 1. The third-order valence-corrected chi connectivity index (χ3v) is 4.45. The fraction of sp³-hybridized carbons (Fsp3) is 0.900. The number of nitrogens with two attached hydrogens (primary N) is 1. The first-order chi connectivity index (χ1) is 6.65. The number of carbonyl (C=O) groups is 1. The predicted octanol–water partition coefficient (Wildman–Crippen LogP) is 1.41. The molecule has 0 heterocycles. The van der Waals surface area contributed by atoms with Crippen molar-refractivity contribution in [2.75, 3.05) is 12.9 Å². The SMILES string of the molecule is COC(=O)CCSC1CCC(N)C1C. The van der Waals surface area contributed by atoms with E-state index in [1.165, 1.54) is 13.5 Å². The van der Waals surface area contributed by atoms with Crippen molar-refractivity contribution in [3.63, 3.8) is 0 Å². The van der Waals surface area contributed by atoms with Gasteiger partial charge in [0, 0.05) is 17.0 Å². The van der Waals surface area contributed by atoms with Crippen molar-refractivity contribution < 1.29 is 9.53 Å². The van der Waals surface area contributed by atoms with E-state index in [0.29, 0.717) is 23.6 Å². The second kappa shape index (κ2) is 5.61. The topological polar surface area (TPSA) is 52.3 Å². The summed E-state index contributed by atoms with van der Waals surface area (Å²) in [5.74, 6) is 1.32. The molecular weight excluding hydrogens is 198 g/mol. The summed E-state index contributed by atoms with van der Waals surface area (Å²) in [6, 6.07) is 0.352. The van der Waals surface area contributed by atoms with Crippen LogP contribution in [-0.4, -0.2) is 30.1 Å². The molecule has 4 heteroatoms. The van der Waals surface area contributed by atoms with Crippen LogP contribution in [-0.2, 0) is 9.53 Å². The normalized spacial score (nSPS) is 31.8. The number of hydrogen-bond donors (Lipinski definition) is 1. The molecule has 1 saturated carbocycles. The van der Waals surface area contributed by atoms with Crippen molar-refractivity contribution in [3.8, 4) is 0 Å². The van der Waals surface area contributed by atoms with E-state index in [1.807, 2.05) is 11.8 Å². The Hall–Kier alpha value is -0.220. The number of carbonyl (C=O) groups excluding carboxylic acids is 1. The molecule has 0 aromatic rings. The van der Waals surface area contributed by atoms with Crippen LogP contribution in [0.2, 0.25) is 0 Å². The largest absolute Gasteiger partial charge is 0.469 e. The molecule has 0 spiro atoms. The molecule has 0 aliphatic heterocycles. The Labute approximate surface area is 89.8 Å². The molecule has 0 bridgehead atoms. The van der Waals surface area contributed by atoms with Crippen molar-refractivity contribution in [2.45, 2.75) is 37.5 Å². The van der Waals surface area contributed by atoms with E-state index in [4.69, 9.17) is 5.73 Å². The molecular formula is C10H19NO2S. The van der Waals surface area contributed by atoms with Gasteiger partial charge in [-0.25, -0.2) is 0 Å². The molecule has 82 valence electrons. The molecule has 3 nitrogen and oxygen atoms in total. The molecule has 1 aliphatic rings. The first-order valence-corrected chi connectivity index (χ1v) is 6.14. The standard InChI is InChI=1S/C10H19NO2S/c1-7-8(11)3-4-9(7)14-6-5-10(12)13-2/h7-9H,3-6,11H2,1-2H3. The molecule has 0 radical (unpaired) electrons. The predicted molar refractivity (Wildman–Crippen MR) is 59.3 cm³/mol. The summed E-state index contributed by atoms with van der Waals surface area (Å²) in [7, 11) is 1.43. The van der Waals surface area contributed by atoms with Crippen LogP contribution < -0.4 is 5.73 Å². The Bertz CT molecular complexity index is 199. The van der Waals surface area contributed by atoms with Crippen LogP contribution in [0.1, 0.15) is 26.2 Å². The quantitative estimate of drug-likeness (QED) is 0.723. The molecule has 0 amide bonds. The first-order valence-electron chi connectivity index (χ1n) is 5.09. The Morgan fingerprint density at radius 3 is 2.79 bits per heavy atom. The van der Waals surface area contributed by atoms with Gasteiger partial charge in [-0.2, -0.15) is 11.8 Å². The van der Waals surface area contributed by atoms with Gasteiger partial charge in [0.05, 0.1) is 13.5 Å². The van der Waals surface area contributed by atoms with E-state index < -0.39 is 0 Å². The van der Waals surface area contributed by atoms with Crippen LogP contribution in [0.3, 0.4) is 0 Å². The fourth-order valence-electron chi connectivity index (χ4n) is 1.79. The van der Waals surface area contributed by atoms with E-state index in [1.54, 1.807) is 0 Å². The molecule has 0 aromatic heterocycles. The third-order valence-electron chi connectivity index (χ3n) is 2.91. The summed E-state index contributed by atoms with van der Waals surface area (Å²) in [6.07, 6.45) is 2.82. The van der Waals surface area contributed by atoms with Gasteiger partial charge in [0.2, 0.25) is 0 Å². The molecule has 14 heavy (non-hydrogen) atoms. The summed E-state index contributed by atoms with van der Waals surface area (Å²) >= 11 is 1.86. The highest BCUT2D eigenvalue weighted by molar-refractivity contribution is 7.99. The maximum atomic E-state index is 10.9. The highest BCUT2D eigenvalue weighted by Gasteiger charge is 2.30. The molecule has 1 fully saturated rings. The third kappa shape index (κ3) is 3.17. The van der Waals surface area contributed by atoms with E-state index in [-0.39, 0.29) is 5.97 Å². The minimum atomic E-state index is -0.118. The van der Waals surface area contributed by atoms with E-state index in [9.17, 15) is 4.79 Å². The Morgan fingerprint density at radius 2 is 2.29 bits per heavy atom. The lowest BCUT2D eigenvalue weighted by atomic mass is 10.1. The average molecular weight is 217 g/mol. The number of thioether (sulfide) groups is 1. The second-order valence-corrected chi connectivity index (χ2v) is 5.18. The molecule has 1 aliphatic carbocycles. The number of rotatable bonds is 4. The fourth-order valence-corrected chi connectivity index (χ4v) is 3.18. The van der Waals surface area contributed by atoms with Crippen molar-refractivity contribution in [1.29, 1.82) is 0 Å². The van der Waals surface area contributed by atoms with Crippen LogP contribution in [0.25, 0.3) is 0 Å². The second-order valence-electron chi connectivity index (χ2n) is 3.84. The monoisotopic (exact) mass is 217 g/mol. The lowest BCUT2D eigenvalue weighted by Gasteiger charge is -2.16. The Kier molecular flexibility index (Phi) is 4.75. The van der Waals surface area contributed by atoms with Crippen molar-refractivity contribution in [2.24, 2.45) is 11.7 Å². The van der Waals surface area contributed by atoms with Crippen molar-refractivity contribution >= 4 is 17.7 Å². The molecule has 2 N–H and O–H groups in total. The maximum Gasteiger partial charge on any atom is 0.306 e. The lowest BCUT2D eigenvalue weighted by Crippen LogP contribution is -2.26. The molecule has 1 rings (SSSR count). The first kappa shape index (κ1) is 11.9. The summed E-state index contributed by atoms with van der Waals surface area (Å²) in [5.41, 5.74) is 5.92. The average Bonchev–Trinajstić information content (AvgIpc) is 2.49. The van der Waals surface area contributed by atoms with Gasteiger partial charge in [0.25, 0.3) is 0 Å². The zero-order chi connectivity index (χ0) is 10.6. The number of hydrogen-bond acceptors (Lipinski definition) is 4. The lowest BCUT2D eigenvalue weighted by molar-refractivity contribution is -0.140. The molecule has 3 unspecified atom stereocenters. The van der Waals surface area contributed by atoms with Gasteiger partial charge in [-0.15, -0.1) is 0 Å². The van der Waals surface area contributed by atoms with Gasteiger partial charge in [-0.3, -0.25) is 4.79 Å². The van der Waals surface area contributed by atoms with Crippen molar-refractivity contribution in [3.05, 3.63) is 0 Å². The van der Waals surface area contributed by atoms with Gasteiger partial charge < -0.3 is 10.5 Å². The summed E-state index contributed by atoms with van der Waals surface area (Å²) in [5, 5.41) is 0.634. The van der Waals surface area contributed by atoms with E-state index in [0.717, 1.165) is 12.2 Å². The summed E-state index contributed by atoms with van der Waals surface area (Å²) in [6.45, 7) is 2.20. The smallest absolute Gasteiger partial charge is 0.306 e. The van der Waals surface area contributed by atoms with E-state index >= 15 is 0 Å². The Morgan fingerprint density at radius 1 is 1.57 bits per heavy atom. The van der Waals surface area contributed by atoms with Crippen LogP contribution in [0, 0.1) is 5.92 Å². The summed E-state index contributed by atoms with van der Waals surface area (Å²) in [4.78, 5) is 10.9. The number of esters is 1. The van der Waals surface area contributed by atoms with Crippen LogP contribution in [0.15, 0.2) is 0 Å². The van der Waals surface area contributed by atoms with Crippen molar-refractivity contribution in [1.82, 2.24) is 0 Å². The molecule has 3 atom stereocenters. The van der Waals surface area contributed by atoms with Crippen LogP contribution in [0.5, 0.6) is 0 Å². The zero-order valence-electron chi connectivity index (χ0n) is 8.86. The highest BCUT2D eigenvalue weighted by Crippen LogP contribution is 2.34. The van der Waals surface area contributed by atoms with Gasteiger partial charge in [-0.1, -0.05) is 6.92 Å². The molecule has 0 saturated heterocycles. The minimum absolute atomic E-state index is 0.118. The summed E-state index contributed by atoms with van der Waals surface area (Å²) < 4.78 is 4.59.